The fourth-order valence-corrected chi connectivity index (χ4v) is 2.20. The normalized spacial score (nSPS) is 35.8. The van der Waals surface area contributed by atoms with Gasteiger partial charge in [0.25, 0.3) is 0 Å². The van der Waals surface area contributed by atoms with Gasteiger partial charge in [0.05, 0.1) is 0 Å². The van der Waals surface area contributed by atoms with Crippen LogP contribution >= 0.6 is 0 Å². The maximum Gasteiger partial charge on any atom is 0.0306 e. The van der Waals surface area contributed by atoms with Gasteiger partial charge in [-0.05, 0) is 38.1 Å². The van der Waals surface area contributed by atoms with Crippen molar-refractivity contribution in [1.29, 1.82) is 0 Å². The molecule has 1 fully saturated rings. The van der Waals surface area contributed by atoms with Crippen LogP contribution < -0.4 is 11.1 Å². The van der Waals surface area contributed by atoms with Crippen molar-refractivity contribution in [2.75, 3.05) is 13.1 Å². The van der Waals surface area contributed by atoms with Crippen LogP contribution in [0.5, 0.6) is 0 Å². The molecule has 0 saturated heterocycles. The molecule has 0 amide bonds. The van der Waals surface area contributed by atoms with Crippen LogP contribution in [0.1, 0.15) is 39.5 Å². The van der Waals surface area contributed by atoms with Gasteiger partial charge in [0.15, 0.2) is 0 Å². The van der Waals surface area contributed by atoms with E-state index in [0.717, 1.165) is 19.0 Å². The summed E-state index contributed by atoms with van der Waals surface area (Å²) in [4.78, 5) is 0. The van der Waals surface area contributed by atoms with Crippen molar-refractivity contribution in [2.24, 2.45) is 11.7 Å². The van der Waals surface area contributed by atoms with Gasteiger partial charge in [-0.25, -0.2) is 0 Å². The zero-order valence-electron chi connectivity index (χ0n) is 8.40. The molecule has 0 aromatic rings. The van der Waals surface area contributed by atoms with Gasteiger partial charge in [0.2, 0.25) is 0 Å². The molecule has 12 heavy (non-hydrogen) atoms. The lowest BCUT2D eigenvalue weighted by Crippen LogP contribution is -2.49. The quantitative estimate of drug-likeness (QED) is 0.671. The average molecular weight is 170 g/mol. The molecule has 0 aromatic carbocycles. The van der Waals surface area contributed by atoms with Crippen LogP contribution in [0.4, 0.5) is 0 Å². The average Bonchev–Trinajstić information content (AvgIpc) is 2.45. The minimum atomic E-state index is 0.287. The number of hydrogen-bond donors (Lipinski definition) is 2. The number of nitrogens with two attached hydrogens (primary N) is 1. The van der Waals surface area contributed by atoms with Crippen molar-refractivity contribution in [3.05, 3.63) is 0 Å². The summed E-state index contributed by atoms with van der Waals surface area (Å²) in [5.41, 5.74) is 6.10. The molecule has 2 atom stereocenters. The van der Waals surface area contributed by atoms with E-state index >= 15 is 0 Å². The van der Waals surface area contributed by atoms with E-state index in [-0.39, 0.29) is 5.54 Å². The summed E-state index contributed by atoms with van der Waals surface area (Å²) in [5.74, 6) is 0.859. The Morgan fingerprint density at radius 1 is 1.58 bits per heavy atom. The van der Waals surface area contributed by atoms with E-state index in [1.165, 1.54) is 25.7 Å². The van der Waals surface area contributed by atoms with Crippen molar-refractivity contribution in [2.45, 2.75) is 45.1 Å². The summed E-state index contributed by atoms with van der Waals surface area (Å²) < 4.78 is 0. The van der Waals surface area contributed by atoms with Crippen LogP contribution in [-0.4, -0.2) is 18.6 Å². The Labute approximate surface area is 75.9 Å². The number of hydrogen-bond acceptors (Lipinski definition) is 2. The lowest BCUT2D eigenvalue weighted by Gasteiger charge is -2.29. The molecule has 2 unspecified atom stereocenters. The lowest BCUT2D eigenvalue weighted by molar-refractivity contribution is 0.332. The summed E-state index contributed by atoms with van der Waals surface area (Å²) in [6, 6.07) is 0. The maximum atomic E-state index is 5.81. The van der Waals surface area contributed by atoms with E-state index < -0.39 is 0 Å². The van der Waals surface area contributed by atoms with Gasteiger partial charge in [0.1, 0.15) is 0 Å². The zero-order chi connectivity index (χ0) is 9.03. The summed E-state index contributed by atoms with van der Waals surface area (Å²) in [6.07, 6.45) is 5.08. The molecular formula is C10H22N2. The second kappa shape index (κ2) is 4.24. The minimum Gasteiger partial charge on any atom is -0.329 e. The van der Waals surface area contributed by atoms with E-state index in [1.54, 1.807) is 0 Å². The highest BCUT2D eigenvalue weighted by atomic mass is 15.0. The van der Waals surface area contributed by atoms with Crippen LogP contribution in [0, 0.1) is 5.92 Å². The standard InChI is InChI=1S/C10H22N2/c1-3-6-12-10(8-11)5-4-9(2)7-10/h9,12H,3-8,11H2,1-2H3. The van der Waals surface area contributed by atoms with Crippen molar-refractivity contribution in [3.63, 3.8) is 0 Å². The van der Waals surface area contributed by atoms with Crippen molar-refractivity contribution >= 4 is 0 Å². The molecule has 0 aliphatic heterocycles. The van der Waals surface area contributed by atoms with Gasteiger partial charge in [-0.1, -0.05) is 13.8 Å². The summed E-state index contributed by atoms with van der Waals surface area (Å²) in [5, 5.41) is 3.60. The fraction of sp³-hybridized carbons (Fsp3) is 1.00. The first kappa shape index (κ1) is 10.0. The van der Waals surface area contributed by atoms with Crippen LogP contribution in [0.15, 0.2) is 0 Å². The third-order valence-corrected chi connectivity index (χ3v) is 3.00. The number of nitrogens with one attached hydrogen (secondary N) is 1. The molecular weight excluding hydrogens is 148 g/mol. The first-order chi connectivity index (χ1) is 5.72. The van der Waals surface area contributed by atoms with E-state index in [9.17, 15) is 0 Å². The second-order valence-corrected chi connectivity index (χ2v) is 4.26. The summed E-state index contributed by atoms with van der Waals surface area (Å²) >= 11 is 0. The molecule has 72 valence electrons. The number of rotatable bonds is 4. The smallest absolute Gasteiger partial charge is 0.0306 e. The molecule has 0 radical (unpaired) electrons. The van der Waals surface area contributed by atoms with Gasteiger partial charge < -0.3 is 11.1 Å². The highest BCUT2D eigenvalue weighted by molar-refractivity contribution is 4.95. The van der Waals surface area contributed by atoms with Gasteiger partial charge in [-0.15, -0.1) is 0 Å². The molecule has 1 aliphatic rings. The van der Waals surface area contributed by atoms with Gasteiger partial charge in [0, 0.05) is 12.1 Å². The summed E-state index contributed by atoms with van der Waals surface area (Å²) in [6.45, 7) is 6.45. The highest BCUT2D eigenvalue weighted by Crippen LogP contribution is 2.33. The molecule has 0 spiro atoms. The monoisotopic (exact) mass is 170 g/mol. The Morgan fingerprint density at radius 2 is 2.33 bits per heavy atom. The minimum absolute atomic E-state index is 0.287. The Morgan fingerprint density at radius 3 is 2.75 bits per heavy atom. The zero-order valence-corrected chi connectivity index (χ0v) is 8.40. The molecule has 3 N–H and O–H groups in total. The molecule has 0 bridgehead atoms. The van der Waals surface area contributed by atoms with Crippen molar-refractivity contribution in [3.8, 4) is 0 Å². The van der Waals surface area contributed by atoms with Gasteiger partial charge in [-0.2, -0.15) is 0 Å². The van der Waals surface area contributed by atoms with Gasteiger partial charge in [-0.3, -0.25) is 0 Å². The molecule has 1 saturated carbocycles. The molecule has 2 heteroatoms. The molecule has 2 nitrogen and oxygen atoms in total. The topological polar surface area (TPSA) is 38.0 Å². The molecule has 1 rings (SSSR count). The van der Waals surface area contributed by atoms with Crippen LogP contribution in [0.3, 0.4) is 0 Å². The lowest BCUT2D eigenvalue weighted by atomic mass is 9.96. The maximum absolute atomic E-state index is 5.81. The third kappa shape index (κ3) is 2.20. The third-order valence-electron chi connectivity index (χ3n) is 3.00. The predicted octanol–water partition coefficient (Wildman–Crippen LogP) is 1.50. The van der Waals surface area contributed by atoms with E-state index in [2.05, 4.69) is 19.2 Å². The first-order valence-electron chi connectivity index (χ1n) is 5.17. The van der Waals surface area contributed by atoms with Crippen LogP contribution in [-0.2, 0) is 0 Å². The molecule has 0 heterocycles. The first-order valence-corrected chi connectivity index (χ1v) is 5.17. The molecule has 0 aromatic heterocycles. The fourth-order valence-electron chi connectivity index (χ4n) is 2.20. The molecule has 1 aliphatic carbocycles. The van der Waals surface area contributed by atoms with Crippen molar-refractivity contribution in [1.82, 2.24) is 5.32 Å². The van der Waals surface area contributed by atoms with E-state index in [1.807, 2.05) is 0 Å². The van der Waals surface area contributed by atoms with Crippen LogP contribution in [0.2, 0.25) is 0 Å². The van der Waals surface area contributed by atoms with Crippen molar-refractivity contribution < 1.29 is 0 Å². The predicted molar refractivity (Wildman–Crippen MR) is 53.1 cm³/mol. The van der Waals surface area contributed by atoms with Crippen LogP contribution in [0.25, 0.3) is 0 Å². The second-order valence-electron chi connectivity index (χ2n) is 4.26. The van der Waals surface area contributed by atoms with E-state index in [4.69, 9.17) is 5.73 Å². The van der Waals surface area contributed by atoms with Gasteiger partial charge >= 0.3 is 0 Å². The Bertz CT molecular complexity index is 136. The largest absolute Gasteiger partial charge is 0.329 e. The highest BCUT2D eigenvalue weighted by Gasteiger charge is 2.35. The Kier molecular flexibility index (Phi) is 3.53. The SMILES string of the molecule is CCCNC1(CN)CCC(C)C1. The Balaban J connectivity index is 2.41. The van der Waals surface area contributed by atoms with E-state index in [0.29, 0.717) is 0 Å². The Hall–Kier alpha value is -0.0800. The summed E-state index contributed by atoms with van der Waals surface area (Å²) in [7, 11) is 0.